The van der Waals surface area contributed by atoms with Gasteiger partial charge in [0.2, 0.25) is 0 Å². The molecule has 1 aromatic carbocycles. The summed E-state index contributed by atoms with van der Waals surface area (Å²) in [6.07, 6.45) is 2.31. The molecule has 3 aromatic rings. The first kappa shape index (κ1) is 23.6. The number of para-hydroxylation sites is 1. The van der Waals surface area contributed by atoms with Gasteiger partial charge >= 0.3 is 13.5 Å². The van der Waals surface area contributed by atoms with Crippen molar-refractivity contribution in [3.63, 3.8) is 0 Å². The topological polar surface area (TPSA) is 143 Å². The Kier molecular flexibility index (Phi) is 7.79. The Labute approximate surface area is 185 Å². The molecule has 0 saturated heterocycles. The molecular weight excluding hydrogens is 435 g/mol. The van der Waals surface area contributed by atoms with Crippen molar-refractivity contribution in [2.45, 2.75) is 39.5 Å². The van der Waals surface area contributed by atoms with Crippen molar-refractivity contribution in [1.82, 2.24) is 24.6 Å². The molecule has 0 spiro atoms. The third-order valence-electron chi connectivity index (χ3n) is 4.44. The first-order valence-corrected chi connectivity index (χ1v) is 11.9. The number of anilines is 1. The number of hydrogen-bond donors (Lipinski definition) is 2. The second kappa shape index (κ2) is 10.5. The molecule has 12 heteroatoms. The van der Waals surface area contributed by atoms with E-state index in [2.05, 4.69) is 20.0 Å². The minimum absolute atomic E-state index is 0.217. The third kappa shape index (κ3) is 6.03. The fraction of sp³-hybridized carbons (Fsp3) is 0.400. The summed E-state index contributed by atoms with van der Waals surface area (Å²) in [7, 11) is -3.62. The van der Waals surface area contributed by atoms with E-state index in [1.54, 1.807) is 49.0 Å². The molecule has 11 nitrogen and oxygen atoms in total. The molecule has 0 saturated carbocycles. The Hall–Kier alpha value is -3.01. The molecule has 32 heavy (non-hydrogen) atoms. The van der Waals surface area contributed by atoms with E-state index in [0.717, 1.165) is 0 Å². The zero-order valence-electron chi connectivity index (χ0n) is 18.2. The second-order valence-electron chi connectivity index (χ2n) is 7.12. The van der Waals surface area contributed by atoms with Crippen molar-refractivity contribution in [3.05, 3.63) is 43.0 Å². The van der Waals surface area contributed by atoms with Gasteiger partial charge in [-0.3, -0.25) is 9.36 Å². The predicted octanol–water partition coefficient (Wildman–Crippen LogP) is 2.58. The Morgan fingerprint density at radius 2 is 1.97 bits per heavy atom. The Morgan fingerprint density at radius 1 is 1.22 bits per heavy atom. The van der Waals surface area contributed by atoms with Gasteiger partial charge < -0.3 is 24.3 Å². The molecule has 2 aromatic heterocycles. The quantitative estimate of drug-likeness (QED) is 0.322. The standard InChI is InChI=1S/C20H27N6O5P/c1-4-29-20(27)15(3)25-32(28,31-16-8-6-5-7-9-16)13-30-14(2)10-26-12-24-17-18(21)22-11-23-19(17)26/h5-9,11-12,14-15H,4,10,13H2,1-3H3,(H,25,28)(H2,21,22,23)/t14-,15+,32?/m1/s1. The van der Waals surface area contributed by atoms with E-state index in [0.29, 0.717) is 29.3 Å². The van der Waals surface area contributed by atoms with Crippen molar-refractivity contribution >= 4 is 30.5 Å². The van der Waals surface area contributed by atoms with Crippen LogP contribution < -0.4 is 15.3 Å². The van der Waals surface area contributed by atoms with Crippen molar-refractivity contribution in [3.8, 4) is 5.75 Å². The van der Waals surface area contributed by atoms with E-state index in [-0.39, 0.29) is 19.1 Å². The molecule has 0 amide bonds. The van der Waals surface area contributed by atoms with Crippen LogP contribution in [0.1, 0.15) is 20.8 Å². The number of fused-ring (bicyclic) bond motifs is 1. The molecule has 0 fully saturated rings. The predicted molar refractivity (Wildman–Crippen MR) is 119 cm³/mol. The zero-order valence-corrected chi connectivity index (χ0v) is 19.1. The van der Waals surface area contributed by atoms with Gasteiger partial charge in [0.25, 0.3) is 0 Å². The van der Waals surface area contributed by atoms with Crippen LogP contribution in [0.25, 0.3) is 11.2 Å². The van der Waals surface area contributed by atoms with Crippen LogP contribution in [0, 0.1) is 0 Å². The van der Waals surface area contributed by atoms with Crippen molar-refractivity contribution < 1.29 is 23.4 Å². The Bertz CT molecular complexity index is 1090. The van der Waals surface area contributed by atoms with E-state index in [1.165, 1.54) is 6.33 Å². The molecule has 0 aliphatic heterocycles. The van der Waals surface area contributed by atoms with Gasteiger partial charge in [0.15, 0.2) is 11.5 Å². The molecular formula is C20H27N6O5P. The summed E-state index contributed by atoms with van der Waals surface area (Å²) in [5.41, 5.74) is 6.90. The first-order valence-electron chi connectivity index (χ1n) is 10.1. The number of nitrogens with one attached hydrogen (secondary N) is 1. The lowest BCUT2D eigenvalue weighted by Crippen LogP contribution is -2.36. The monoisotopic (exact) mass is 462 g/mol. The van der Waals surface area contributed by atoms with Crippen molar-refractivity contribution in [1.29, 1.82) is 0 Å². The van der Waals surface area contributed by atoms with Crippen LogP contribution in [0.5, 0.6) is 5.75 Å². The minimum atomic E-state index is -3.62. The van der Waals surface area contributed by atoms with Crippen molar-refractivity contribution in [2.24, 2.45) is 0 Å². The maximum Gasteiger partial charge on any atom is 0.342 e. The van der Waals surface area contributed by atoms with Gasteiger partial charge in [-0.15, -0.1) is 0 Å². The highest BCUT2D eigenvalue weighted by Crippen LogP contribution is 2.44. The van der Waals surface area contributed by atoms with Crippen LogP contribution in [0.2, 0.25) is 0 Å². The fourth-order valence-corrected chi connectivity index (χ4v) is 4.73. The number of esters is 1. The molecule has 0 aliphatic rings. The molecule has 2 heterocycles. The number of rotatable bonds is 11. The van der Waals surface area contributed by atoms with E-state index >= 15 is 0 Å². The van der Waals surface area contributed by atoms with Gasteiger partial charge in [0, 0.05) is 0 Å². The summed E-state index contributed by atoms with van der Waals surface area (Å²) in [5, 5.41) is 2.76. The molecule has 1 unspecified atom stereocenters. The number of imidazole rings is 1. The Morgan fingerprint density at radius 3 is 2.69 bits per heavy atom. The van der Waals surface area contributed by atoms with Crippen LogP contribution in [0.15, 0.2) is 43.0 Å². The van der Waals surface area contributed by atoms with Gasteiger partial charge in [-0.2, -0.15) is 0 Å². The summed E-state index contributed by atoms with van der Waals surface area (Å²) in [5.74, 6) is 0.156. The molecule has 0 radical (unpaired) electrons. The number of aromatic nitrogens is 4. The second-order valence-corrected chi connectivity index (χ2v) is 9.16. The minimum Gasteiger partial charge on any atom is -0.465 e. The van der Waals surface area contributed by atoms with Crippen LogP contribution in [-0.4, -0.2) is 50.6 Å². The molecule has 3 rings (SSSR count). The van der Waals surface area contributed by atoms with Crippen LogP contribution in [-0.2, 0) is 25.4 Å². The number of nitrogen functional groups attached to an aromatic ring is 1. The van der Waals surface area contributed by atoms with E-state index in [1.807, 2.05) is 13.0 Å². The lowest BCUT2D eigenvalue weighted by Gasteiger charge is -2.25. The SMILES string of the molecule is CCOC(=O)[C@H](C)NP(=O)(CO[C@H](C)Cn1cnc2c(N)ncnc21)Oc1ccccc1. The highest BCUT2D eigenvalue weighted by Gasteiger charge is 2.31. The normalized spacial score (nSPS) is 15.1. The summed E-state index contributed by atoms with van der Waals surface area (Å²) >= 11 is 0. The number of benzene rings is 1. The average Bonchev–Trinajstić information content (AvgIpc) is 3.17. The zero-order chi connectivity index (χ0) is 23.1. The van der Waals surface area contributed by atoms with Crippen LogP contribution in [0.3, 0.4) is 0 Å². The molecule has 172 valence electrons. The number of nitrogens with zero attached hydrogens (tertiary/aromatic N) is 4. The lowest BCUT2D eigenvalue weighted by atomic mass is 10.3. The summed E-state index contributed by atoms with van der Waals surface area (Å²) in [4.78, 5) is 24.4. The van der Waals surface area contributed by atoms with E-state index in [4.69, 9.17) is 19.7 Å². The maximum absolute atomic E-state index is 13.5. The number of nitrogens with two attached hydrogens (primary N) is 1. The average molecular weight is 462 g/mol. The van der Waals surface area contributed by atoms with Gasteiger partial charge in [-0.1, -0.05) is 18.2 Å². The lowest BCUT2D eigenvalue weighted by molar-refractivity contribution is -0.144. The van der Waals surface area contributed by atoms with Gasteiger partial charge in [0.05, 0.1) is 25.6 Å². The molecule has 3 atom stereocenters. The maximum atomic E-state index is 13.5. The third-order valence-corrected chi connectivity index (χ3v) is 6.21. The van der Waals surface area contributed by atoms with Gasteiger partial charge in [-0.05, 0) is 32.9 Å². The Balaban J connectivity index is 1.69. The van der Waals surface area contributed by atoms with Gasteiger partial charge in [-0.25, -0.2) is 20.0 Å². The molecule has 0 aliphatic carbocycles. The van der Waals surface area contributed by atoms with Crippen molar-refractivity contribution in [2.75, 3.05) is 18.7 Å². The summed E-state index contributed by atoms with van der Waals surface area (Å²) < 4.78 is 31.9. The van der Waals surface area contributed by atoms with Crippen LogP contribution in [0.4, 0.5) is 5.82 Å². The number of hydrogen-bond acceptors (Lipinski definition) is 9. The fourth-order valence-electron chi connectivity index (χ4n) is 2.94. The summed E-state index contributed by atoms with van der Waals surface area (Å²) in [6, 6.07) is 7.84. The highest BCUT2D eigenvalue weighted by molar-refractivity contribution is 7.57. The van der Waals surface area contributed by atoms with Gasteiger partial charge in [0.1, 0.15) is 30.0 Å². The highest BCUT2D eigenvalue weighted by atomic mass is 31.2. The number of carbonyl (C=O) groups is 1. The summed E-state index contributed by atoms with van der Waals surface area (Å²) in [6.45, 7) is 5.68. The van der Waals surface area contributed by atoms with Crippen LogP contribution >= 0.6 is 7.52 Å². The van der Waals surface area contributed by atoms with E-state index in [9.17, 15) is 9.36 Å². The number of carbonyl (C=O) groups excluding carboxylic acids is 1. The number of ether oxygens (including phenoxy) is 2. The molecule has 3 N–H and O–H groups in total. The first-order chi connectivity index (χ1) is 15.3. The largest absolute Gasteiger partial charge is 0.465 e. The molecule has 0 bridgehead atoms. The smallest absolute Gasteiger partial charge is 0.342 e. The van der Waals surface area contributed by atoms with E-state index < -0.39 is 19.5 Å².